The summed E-state index contributed by atoms with van der Waals surface area (Å²) in [5, 5.41) is 0. The van der Waals surface area contributed by atoms with Gasteiger partial charge in [-0.05, 0) is 24.5 Å². The third-order valence-electron chi connectivity index (χ3n) is 4.07. The molecular formula is C17H18N2O4S. The van der Waals surface area contributed by atoms with E-state index in [0.29, 0.717) is 11.0 Å². The van der Waals surface area contributed by atoms with Crippen LogP contribution in [0.4, 0.5) is 5.69 Å². The lowest BCUT2D eigenvalue weighted by atomic mass is 10.1. The number of rotatable bonds is 4. The number of methoxy groups -OCH3 is 2. The van der Waals surface area contributed by atoms with Gasteiger partial charge in [-0.2, -0.15) is 0 Å². The van der Waals surface area contributed by atoms with Crippen LogP contribution in [0.1, 0.15) is 20.7 Å². The highest BCUT2D eigenvalue weighted by atomic mass is 32.2. The van der Waals surface area contributed by atoms with Crippen LogP contribution in [0.25, 0.3) is 16.6 Å². The molecule has 0 bridgehead atoms. The van der Waals surface area contributed by atoms with Crippen LogP contribution in [0, 0.1) is 0 Å². The molecular weight excluding hydrogens is 328 g/mol. The van der Waals surface area contributed by atoms with Crippen molar-refractivity contribution < 1.29 is 19.1 Å². The fourth-order valence-electron chi connectivity index (χ4n) is 2.96. The number of ether oxygens (including phenoxy) is 2. The summed E-state index contributed by atoms with van der Waals surface area (Å²) in [6.07, 6.45) is 1.93. The zero-order valence-corrected chi connectivity index (χ0v) is 15.0. The number of hydrogen-bond donors (Lipinski definition) is 0. The number of anilines is 1. The van der Waals surface area contributed by atoms with Crippen molar-refractivity contribution in [2.24, 2.45) is 0 Å². The minimum Gasteiger partial charge on any atom is -0.465 e. The Kier molecular flexibility index (Phi) is 4.04. The monoisotopic (exact) mass is 346 g/mol. The second kappa shape index (κ2) is 5.90. The highest BCUT2D eigenvalue weighted by molar-refractivity contribution is 7.98. The van der Waals surface area contributed by atoms with Gasteiger partial charge >= 0.3 is 11.9 Å². The molecule has 6 nitrogen and oxygen atoms in total. The van der Waals surface area contributed by atoms with Gasteiger partial charge in [-0.15, -0.1) is 11.8 Å². The van der Waals surface area contributed by atoms with Gasteiger partial charge in [0.25, 0.3) is 0 Å². The molecule has 0 radical (unpaired) electrons. The molecule has 0 atom stereocenters. The van der Waals surface area contributed by atoms with Gasteiger partial charge in [-0.25, -0.2) is 9.59 Å². The summed E-state index contributed by atoms with van der Waals surface area (Å²) in [6.45, 7) is 0. The summed E-state index contributed by atoms with van der Waals surface area (Å²) in [5.41, 5.74) is 3.66. The molecule has 24 heavy (non-hydrogen) atoms. The highest BCUT2D eigenvalue weighted by Crippen LogP contribution is 2.38. The second-order valence-corrected chi connectivity index (χ2v) is 6.40. The molecule has 0 unspecified atom stereocenters. The molecule has 3 aromatic heterocycles. The Morgan fingerprint density at radius 3 is 2.21 bits per heavy atom. The first-order chi connectivity index (χ1) is 11.4. The van der Waals surface area contributed by atoms with Crippen LogP contribution >= 0.6 is 11.8 Å². The molecule has 0 N–H and O–H groups in total. The van der Waals surface area contributed by atoms with Gasteiger partial charge in [0.05, 0.1) is 25.3 Å². The van der Waals surface area contributed by atoms with Crippen LogP contribution in [-0.4, -0.2) is 50.9 Å². The maximum absolute atomic E-state index is 12.4. The second-order valence-electron chi connectivity index (χ2n) is 5.55. The quantitative estimate of drug-likeness (QED) is 0.535. The number of nitrogens with zero attached hydrogens (tertiary/aromatic N) is 2. The van der Waals surface area contributed by atoms with Crippen LogP contribution in [0.15, 0.2) is 23.1 Å². The minimum atomic E-state index is -0.552. The maximum Gasteiger partial charge on any atom is 0.341 e. The molecule has 0 aromatic carbocycles. The van der Waals surface area contributed by atoms with Gasteiger partial charge in [0, 0.05) is 30.2 Å². The molecule has 126 valence electrons. The molecule has 0 aliphatic rings. The van der Waals surface area contributed by atoms with E-state index in [-0.39, 0.29) is 11.1 Å². The fraction of sp³-hybridized carbons (Fsp3) is 0.294. The van der Waals surface area contributed by atoms with Gasteiger partial charge in [0.1, 0.15) is 11.1 Å². The molecule has 0 saturated heterocycles. The molecule has 3 rings (SSSR count). The number of pyridine rings is 1. The summed E-state index contributed by atoms with van der Waals surface area (Å²) in [6, 6.07) is 5.90. The van der Waals surface area contributed by atoms with Crippen LogP contribution in [0.2, 0.25) is 0 Å². The van der Waals surface area contributed by atoms with Gasteiger partial charge < -0.3 is 18.8 Å². The number of thioether (sulfide) groups is 1. The lowest BCUT2D eigenvalue weighted by Gasteiger charge is -2.13. The van der Waals surface area contributed by atoms with Gasteiger partial charge in [0.2, 0.25) is 0 Å². The molecule has 0 aliphatic carbocycles. The molecule has 3 aromatic rings. The van der Waals surface area contributed by atoms with E-state index in [1.54, 1.807) is 0 Å². The van der Waals surface area contributed by atoms with Crippen molar-refractivity contribution in [1.82, 2.24) is 4.40 Å². The summed E-state index contributed by atoms with van der Waals surface area (Å²) in [7, 11) is 6.47. The van der Waals surface area contributed by atoms with E-state index in [1.807, 2.05) is 47.9 Å². The lowest BCUT2D eigenvalue weighted by Crippen LogP contribution is -2.11. The summed E-state index contributed by atoms with van der Waals surface area (Å²) < 4.78 is 11.8. The molecule has 0 fully saturated rings. The summed E-state index contributed by atoms with van der Waals surface area (Å²) >= 11 is 1.52. The SMILES string of the molecule is COC(=O)c1c(C(=O)OC)c2c(SC)cc3cc(N(C)C)cc1n32. The summed E-state index contributed by atoms with van der Waals surface area (Å²) in [4.78, 5) is 27.7. The number of esters is 2. The Bertz CT molecular complexity index is 945. The average Bonchev–Trinajstić information content (AvgIpc) is 3.12. The number of hydrogen-bond acceptors (Lipinski definition) is 6. The van der Waals surface area contributed by atoms with Crippen LogP contribution in [-0.2, 0) is 9.47 Å². The van der Waals surface area contributed by atoms with Crippen molar-refractivity contribution in [3.63, 3.8) is 0 Å². The Hall–Kier alpha value is -2.41. The van der Waals surface area contributed by atoms with E-state index in [0.717, 1.165) is 16.1 Å². The molecule has 0 spiro atoms. The Balaban J connectivity index is 2.55. The van der Waals surface area contributed by atoms with E-state index < -0.39 is 11.9 Å². The Morgan fingerprint density at radius 1 is 1.04 bits per heavy atom. The number of carbonyl (C=O) groups is 2. The average molecular weight is 346 g/mol. The lowest BCUT2D eigenvalue weighted by molar-refractivity contribution is 0.0559. The topological polar surface area (TPSA) is 60.3 Å². The molecule has 7 heteroatoms. The molecule has 0 saturated carbocycles. The van der Waals surface area contributed by atoms with E-state index in [9.17, 15) is 9.59 Å². The van der Waals surface area contributed by atoms with E-state index in [4.69, 9.17) is 9.47 Å². The zero-order chi connectivity index (χ0) is 17.6. The predicted octanol–water partition coefficient (Wildman–Crippen LogP) is 2.89. The first kappa shape index (κ1) is 16.4. The van der Waals surface area contributed by atoms with Crippen LogP contribution in [0.5, 0.6) is 0 Å². The van der Waals surface area contributed by atoms with Crippen molar-refractivity contribution in [3.8, 4) is 0 Å². The van der Waals surface area contributed by atoms with Crippen molar-refractivity contribution in [3.05, 3.63) is 29.3 Å². The molecule has 0 amide bonds. The number of aromatic nitrogens is 1. The van der Waals surface area contributed by atoms with Gasteiger partial charge in [0.15, 0.2) is 0 Å². The Morgan fingerprint density at radius 2 is 1.67 bits per heavy atom. The van der Waals surface area contributed by atoms with E-state index >= 15 is 0 Å². The fourth-order valence-corrected chi connectivity index (χ4v) is 3.58. The molecule has 3 heterocycles. The summed E-state index contributed by atoms with van der Waals surface area (Å²) in [5.74, 6) is -1.10. The van der Waals surface area contributed by atoms with Gasteiger partial charge in [-0.3, -0.25) is 0 Å². The van der Waals surface area contributed by atoms with Crippen molar-refractivity contribution >= 4 is 45.9 Å². The first-order valence-corrected chi connectivity index (χ1v) is 8.49. The maximum atomic E-state index is 12.4. The van der Waals surface area contributed by atoms with Crippen LogP contribution in [0.3, 0.4) is 0 Å². The molecule has 0 aliphatic heterocycles. The third-order valence-corrected chi connectivity index (χ3v) is 4.82. The highest BCUT2D eigenvalue weighted by Gasteiger charge is 2.31. The predicted molar refractivity (Wildman–Crippen MR) is 94.9 cm³/mol. The minimum absolute atomic E-state index is 0.240. The van der Waals surface area contributed by atoms with Crippen molar-refractivity contribution in [2.45, 2.75) is 4.90 Å². The smallest absolute Gasteiger partial charge is 0.341 e. The van der Waals surface area contributed by atoms with Gasteiger partial charge in [-0.1, -0.05) is 0 Å². The third kappa shape index (κ3) is 2.19. The number of carbonyl (C=O) groups excluding carboxylic acids is 2. The van der Waals surface area contributed by atoms with Crippen molar-refractivity contribution in [2.75, 3.05) is 39.5 Å². The van der Waals surface area contributed by atoms with E-state index in [2.05, 4.69) is 0 Å². The standard InChI is InChI=1S/C17H18N2O4S/c1-18(2)9-6-10-8-12(24-5)15-14(17(21)23-4)13(16(20)22-3)11(7-9)19(10)15/h6-8H,1-5H3. The first-order valence-electron chi connectivity index (χ1n) is 7.27. The zero-order valence-electron chi connectivity index (χ0n) is 14.2. The Labute approximate surface area is 143 Å². The van der Waals surface area contributed by atoms with Crippen molar-refractivity contribution in [1.29, 1.82) is 0 Å². The normalized spacial score (nSPS) is 11.2. The largest absolute Gasteiger partial charge is 0.465 e. The van der Waals surface area contributed by atoms with E-state index in [1.165, 1.54) is 26.0 Å². The van der Waals surface area contributed by atoms with Crippen LogP contribution < -0.4 is 4.90 Å².